The number of carbonyl (C=O) groups is 1. The Labute approximate surface area is 134 Å². The molecule has 108 valence electrons. The van der Waals surface area contributed by atoms with Gasteiger partial charge in [-0.15, -0.1) is 11.8 Å². The molecule has 1 saturated heterocycles. The lowest BCUT2D eigenvalue weighted by Crippen LogP contribution is -2.29. The van der Waals surface area contributed by atoms with Gasteiger partial charge in [0.1, 0.15) is 5.37 Å². The molecule has 0 saturated carbocycles. The van der Waals surface area contributed by atoms with E-state index in [2.05, 4.69) is 0 Å². The third kappa shape index (κ3) is 2.94. The number of nitrogens with zero attached hydrogens (tertiary/aromatic N) is 1. The molecule has 0 aromatic heterocycles. The van der Waals surface area contributed by atoms with Crippen LogP contribution in [0.3, 0.4) is 0 Å². The smallest absolute Gasteiger partial charge is 0.236 e. The van der Waals surface area contributed by atoms with Crippen LogP contribution in [-0.4, -0.2) is 16.1 Å². The predicted octanol–water partition coefficient (Wildman–Crippen LogP) is 4.50. The van der Waals surface area contributed by atoms with Gasteiger partial charge in [0.05, 0.1) is 5.25 Å². The van der Waals surface area contributed by atoms with E-state index in [4.69, 9.17) is 11.6 Å². The molecule has 3 rings (SSSR count). The maximum Gasteiger partial charge on any atom is 0.236 e. The van der Waals surface area contributed by atoms with Crippen LogP contribution in [0.1, 0.15) is 23.4 Å². The van der Waals surface area contributed by atoms with Gasteiger partial charge in [0.25, 0.3) is 0 Å². The monoisotopic (exact) mass is 317 g/mol. The highest BCUT2D eigenvalue weighted by molar-refractivity contribution is 8.01. The van der Waals surface area contributed by atoms with Crippen LogP contribution >= 0.6 is 23.4 Å². The minimum Gasteiger partial charge on any atom is -0.321 e. The normalized spacial score (nSPS) is 21.8. The summed E-state index contributed by atoms with van der Waals surface area (Å²) in [6.45, 7) is 2.58. The Balaban J connectivity index is 1.92. The lowest BCUT2D eigenvalue weighted by molar-refractivity contribution is -0.130. The van der Waals surface area contributed by atoms with Crippen LogP contribution in [0.4, 0.5) is 0 Å². The Kier molecular flexibility index (Phi) is 4.22. The van der Waals surface area contributed by atoms with Crippen LogP contribution in [0.2, 0.25) is 5.02 Å². The van der Waals surface area contributed by atoms with Gasteiger partial charge in [0.15, 0.2) is 0 Å². The number of thioether (sulfide) groups is 1. The first-order valence-corrected chi connectivity index (χ1v) is 8.23. The number of benzene rings is 2. The van der Waals surface area contributed by atoms with Gasteiger partial charge in [-0.05, 0) is 18.6 Å². The molecule has 2 nitrogen and oxygen atoms in total. The summed E-state index contributed by atoms with van der Waals surface area (Å²) >= 11 is 7.98. The first-order chi connectivity index (χ1) is 10.2. The second kappa shape index (κ2) is 6.12. The van der Waals surface area contributed by atoms with Gasteiger partial charge in [-0.1, -0.05) is 60.1 Å². The van der Waals surface area contributed by atoms with E-state index < -0.39 is 0 Å². The zero-order valence-electron chi connectivity index (χ0n) is 11.7. The average molecular weight is 318 g/mol. The first-order valence-electron chi connectivity index (χ1n) is 6.91. The van der Waals surface area contributed by atoms with Gasteiger partial charge in [0, 0.05) is 17.1 Å². The molecular weight excluding hydrogens is 302 g/mol. The molecule has 1 amide bonds. The lowest BCUT2D eigenvalue weighted by Gasteiger charge is -2.25. The molecule has 2 aromatic rings. The lowest BCUT2D eigenvalue weighted by atomic mass is 10.1. The maximum atomic E-state index is 12.5. The van der Waals surface area contributed by atoms with E-state index in [1.807, 2.05) is 66.4 Å². The van der Waals surface area contributed by atoms with Crippen molar-refractivity contribution in [1.29, 1.82) is 0 Å². The van der Waals surface area contributed by atoms with Crippen molar-refractivity contribution in [2.75, 3.05) is 0 Å². The van der Waals surface area contributed by atoms with E-state index in [1.165, 1.54) is 0 Å². The summed E-state index contributed by atoms with van der Waals surface area (Å²) in [6.07, 6.45) is 0. The Morgan fingerprint density at radius 3 is 2.48 bits per heavy atom. The second-order valence-electron chi connectivity index (χ2n) is 5.10. The molecule has 0 radical (unpaired) electrons. The maximum absolute atomic E-state index is 12.5. The summed E-state index contributed by atoms with van der Waals surface area (Å²) in [5, 5.41) is 0.673. The van der Waals surface area contributed by atoms with Gasteiger partial charge >= 0.3 is 0 Å². The van der Waals surface area contributed by atoms with E-state index in [0.717, 1.165) is 16.1 Å². The van der Waals surface area contributed by atoms with E-state index in [-0.39, 0.29) is 16.5 Å². The molecule has 1 heterocycles. The molecular formula is C17H16ClNOS. The van der Waals surface area contributed by atoms with Crippen molar-refractivity contribution in [3.63, 3.8) is 0 Å². The molecule has 0 bridgehead atoms. The minimum absolute atomic E-state index is 0.0126. The van der Waals surface area contributed by atoms with Crippen molar-refractivity contribution in [3.05, 3.63) is 70.7 Å². The summed E-state index contributed by atoms with van der Waals surface area (Å²) < 4.78 is 0. The van der Waals surface area contributed by atoms with E-state index in [0.29, 0.717) is 6.54 Å². The summed E-state index contributed by atoms with van der Waals surface area (Å²) in [4.78, 5) is 14.4. The molecule has 4 heteroatoms. The highest BCUT2D eigenvalue weighted by atomic mass is 35.5. The third-order valence-corrected chi connectivity index (χ3v) is 5.33. The van der Waals surface area contributed by atoms with E-state index in [1.54, 1.807) is 11.8 Å². The van der Waals surface area contributed by atoms with Gasteiger partial charge in [-0.2, -0.15) is 0 Å². The second-order valence-corrected chi connectivity index (χ2v) is 6.94. The fourth-order valence-electron chi connectivity index (χ4n) is 2.53. The van der Waals surface area contributed by atoms with Crippen LogP contribution in [-0.2, 0) is 11.3 Å². The Bertz CT molecular complexity index is 646. The zero-order valence-corrected chi connectivity index (χ0v) is 13.3. The average Bonchev–Trinajstić information content (AvgIpc) is 2.77. The predicted molar refractivity (Wildman–Crippen MR) is 88.2 cm³/mol. The zero-order chi connectivity index (χ0) is 14.8. The molecule has 1 fully saturated rings. The molecule has 0 spiro atoms. The van der Waals surface area contributed by atoms with Crippen LogP contribution < -0.4 is 0 Å². The van der Waals surface area contributed by atoms with Crippen molar-refractivity contribution in [2.45, 2.75) is 24.1 Å². The first kappa shape index (κ1) is 14.5. The summed E-state index contributed by atoms with van der Waals surface area (Å²) in [7, 11) is 0. The molecule has 21 heavy (non-hydrogen) atoms. The number of hydrogen-bond acceptors (Lipinski definition) is 2. The standard InChI is InChI=1S/C17H16ClNOS/c1-12-16(20)19(11-13-7-3-2-4-8-13)17(21-12)14-9-5-6-10-15(14)18/h2-10,12,17H,11H2,1H3/t12-,17+/m0/s1. The third-order valence-electron chi connectivity index (χ3n) is 3.61. The van der Waals surface area contributed by atoms with Crippen molar-refractivity contribution >= 4 is 29.3 Å². The number of amides is 1. The molecule has 2 atom stereocenters. The van der Waals surface area contributed by atoms with Gasteiger partial charge in [-0.3, -0.25) is 4.79 Å². The summed E-state index contributed by atoms with van der Waals surface area (Å²) in [5.74, 6) is 0.175. The van der Waals surface area contributed by atoms with Crippen LogP contribution in [0, 0.1) is 0 Å². The molecule has 0 N–H and O–H groups in total. The quantitative estimate of drug-likeness (QED) is 0.830. The molecule has 0 aliphatic carbocycles. The van der Waals surface area contributed by atoms with Gasteiger partial charge < -0.3 is 4.90 Å². The summed E-state index contributed by atoms with van der Waals surface area (Å²) in [5.41, 5.74) is 2.15. The van der Waals surface area contributed by atoms with Crippen molar-refractivity contribution in [2.24, 2.45) is 0 Å². The number of rotatable bonds is 3. The van der Waals surface area contributed by atoms with Crippen molar-refractivity contribution < 1.29 is 4.79 Å². The van der Waals surface area contributed by atoms with E-state index in [9.17, 15) is 4.79 Å². The molecule has 1 aliphatic heterocycles. The summed E-state index contributed by atoms with van der Waals surface area (Å²) in [6, 6.07) is 17.8. The Morgan fingerprint density at radius 2 is 1.76 bits per heavy atom. The van der Waals surface area contributed by atoms with Crippen molar-refractivity contribution in [1.82, 2.24) is 4.90 Å². The SMILES string of the molecule is C[C@@H]1S[C@H](c2ccccc2Cl)N(Cc2ccccc2)C1=O. The van der Waals surface area contributed by atoms with Crippen LogP contribution in [0.5, 0.6) is 0 Å². The Hall–Kier alpha value is -1.45. The van der Waals surface area contributed by atoms with Gasteiger partial charge in [-0.25, -0.2) is 0 Å². The molecule has 2 aromatic carbocycles. The highest BCUT2D eigenvalue weighted by Crippen LogP contribution is 2.45. The fraction of sp³-hybridized carbons (Fsp3) is 0.235. The largest absolute Gasteiger partial charge is 0.321 e. The Morgan fingerprint density at radius 1 is 1.10 bits per heavy atom. The highest BCUT2D eigenvalue weighted by Gasteiger charge is 2.39. The molecule has 0 unspecified atom stereocenters. The number of hydrogen-bond donors (Lipinski definition) is 0. The number of halogens is 1. The topological polar surface area (TPSA) is 20.3 Å². The van der Waals surface area contributed by atoms with Crippen LogP contribution in [0.15, 0.2) is 54.6 Å². The minimum atomic E-state index is -0.0324. The number of carbonyl (C=O) groups excluding carboxylic acids is 1. The van der Waals surface area contributed by atoms with Crippen molar-refractivity contribution in [3.8, 4) is 0 Å². The van der Waals surface area contributed by atoms with E-state index >= 15 is 0 Å². The van der Waals surface area contributed by atoms with Crippen LogP contribution in [0.25, 0.3) is 0 Å². The van der Waals surface area contributed by atoms with Gasteiger partial charge in [0.2, 0.25) is 5.91 Å². The molecule has 1 aliphatic rings. The fourth-order valence-corrected chi connectivity index (χ4v) is 4.15.